The molecule has 0 aliphatic heterocycles. The van der Waals surface area contributed by atoms with Gasteiger partial charge in [-0.1, -0.05) is 25.0 Å². The summed E-state index contributed by atoms with van der Waals surface area (Å²) in [6, 6.07) is 0. The molecule has 0 aromatic heterocycles. The molecule has 0 amide bonds. The van der Waals surface area contributed by atoms with Gasteiger partial charge in [0.1, 0.15) is 0 Å². The molecule has 0 aromatic rings. The molecule has 0 unspecified atom stereocenters. The van der Waals surface area contributed by atoms with E-state index >= 15 is 0 Å². The highest BCUT2D eigenvalue weighted by molar-refractivity contribution is 5.29. The Morgan fingerprint density at radius 1 is 1.27 bits per heavy atom. The Morgan fingerprint density at radius 3 is 2.18 bits per heavy atom. The fourth-order valence-electron chi connectivity index (χ4n) is 0.825. The van der Waals surface area contributed by atoms with E-state index in [4.69, 9.17) is 5.73 Å². The van der Waals surface area contributed by atoms with E-state index < -0.39 is 0 Å². The summed E-state index contributed by atoms with van der Waals surface area (Å²) in [7, 11) is 0. The maximum Gasteiger partial charge on any atom is 0.00811 e. The van der Waals surface area contributed by atoms with Gasteiger partial charge in [0.25, 0.3) is 0 Å². The summed E-state index contributed by atoms with van der Waals surface area (Å²) < 4.78 is 0. The van der Waals surface area contributed by atoms with Gasteiger partial charge in [-0.2, -0.15) is 0 Å². The van der Waals surface area contributed by atoms with Gasteiger partial charge in [0.2, 0.25) is 0 Å². The summed E-state index contributed by atoms with van der Waals surface area (Å²) in [5.41, 5.74) is 9.11. The van der Waals surface area contributed by atoms with E-state index in [-0.39, 0.29) is 0 Å². The zero-order valence-electron chi connectivity index (χ0n) is 8.07. The molecule has 1 heteroatoms. The minimum absolute atomic E-state index is 0.926. The zero-order chi connectivity index (χ0) is 8.85. The molecule has 0 spiro atoms. The van der Waals surface area contributed by atoms with Crippen molar-refractivity contribution in [3.05, 3.63) is 22.9 Å². The monoisotopic (exact) mass is 153 g/mol. The van der Waals surface area contributed by atoms with Crippen LogP contribution in [0, 0.1) is 0 Å². The lowest BCUT2D eigenvalue weighted by Gasteiger charge is -2.03. The van der Waals surface area contributed by atoms with Crippen molar-refractivity contribution in [1.29, 1.82) is 0 Å². The topological polar surface area (TPSA) is 26.0 Å². The van der Waals surface area contributed by atoms with Crippen LogP contribution in [-0.4, -0.2) is 0 Å². The van der Waals surface area contributed by atoms with Crippen molar-refractivity contribution in [1.82, 2.24) is 0 Å². The van der Waals surface area contributed by atoms with E-state index in [2.05, 4.69) is 26.8 Å². The molecule has 0 radical (unpaired) electrons. The highest BCUT2D eigenvalue weighted by atomic mass is 14.6. The third-order valence-electron chi connectivity index (χ3n) is 1.92. The molecular formula is C10H19N. The SMILES string of the molecule is CCC/C=C(C)/C(C)=C(/C)N. The van der Waals surface area contributed by atoms with Crippen LogP contribution in [-0.2, 0) is 0 Å². The Kier molecular flexibility index (Phi) is 4.67. The summed E-state index contributed by atoms with van der Waals surface area (Å²) >= 11 is 0. The van der Waals surface area contributed by atoms with Gasteiger partial charge in [0.05, 0.1) is 0 Å². The predicted molar refractivity (Wildman–Crippen MR) is 51.2 cm³/mol. The fourth-order valence-corrected chi connectivity index (χ4v) is 0.825. The second-order valence-electron chi connectivity index (χ2n) is 2.98. The molecule has 0 aliphatic rings. The summed E-state index contributed by atoms with van der Waals surface area (Å²) in [5.74, 6) is 0. The predicted octanol–water partition coefficient (Wildman–Crippen LogP) is 2.99. The minimum Gasteiger partial charge on any atom is -0.402 e. The largest absolute Gasteiger partial charge is 0.402 e. The number of rotatable bonds is 3. The van der Waals surface area contributed by atoms with Gasteiger partial charge < -0.3 is 5.73 Å². The Bertz CT molecular complexity index is 171. The third kappa shape index (κ3) is 3.87. The lowest BCUT2D eigenvalue weighted by Crippen LogP contribution is -1.96. The maximum absolute atomic E-state index is 5.65. The van der Waals surface area contributed by atoms with E-state index in [9.17, 15) is 0 Å². The summed E-state index contributed by atoms with van der Waals surface area (Å²) in [4.78, 5) is 0. The second kappa shape index (κ2) is 5.00. The van der Waals surface area contributed by atoms with Gasteiger partial charge in [-0.15, -0.1) is 0 Å². The first-order valence-electron chi connectivity index (χ1n) is 4.19. The zero-order valence-corrected chi connectivity index (χ0v) is 8.07. The van der Waals surface area contributed by atoms with Crippen molar-refractivity contribution in [3.8, 4) is 0 Å². The number of hydrogen-bond acceptors (Lipinski definition) is 1. The van der Waals surface area contributed by atoms with Crippen LogP contribution >= 0.6 is 0 Å². The van der Waals surface area contributed by atoms with E-state index in [1.54, 1.807) is 0 Å². The minimum atomic E-state index is 0.926. The maximum atomic E-state index is 5.65. The van der Waals surface area contributed by atoms with Crippen LogP contribution in [0.5, 0.6) is 0 Å². The average Bonchev–Trinajstić information content (AvgIpc) is 1.98. The van der Waals surface area contributed by atoms with Gasteiger partial charge in [-0.25, -0.2) is 0 Å². The summed E-state index contributed by atoms with van der Waals surface area (Å²) in [5, 5.41) is 0. The molecule has 0 saturated heterocycles. The van der Waals surface area contributed by atoms with Crippen LogP contribution in [0.25, 0.3) is 0 Å². The van der Waals surface area contributed by atoms with Crippen molar-refractivity contribution in [2.75, 3.05) is 0 Å². The molecule has 2 N–H and O–H groups in total. The molecule has 64 valence electrons. The first-order chi connectivity index (χ1) is 5.09. The smallest absolute Gasteiger partial charge is 0.00811 e. The molecule has 0 atom stereocenters. The van der Waals surface area contributed by atoms with Crippen molar-refractivity contribution in [2.45, 2.75) is 40.5 Å². The van der Waals surface area contributed by atoms with Crippen molar-refractivity contribution in [3.63, 3.8) is 0 Å². The van der Waals surface area contributed by atoms with Gasteiger partial charge >= 0.3 is 0 Å². The molecule has 1 nitrogen and oxygen atoms in total. The van der Waals surface area contributed by atoms with Crippen molar-refractivity contribution in [2.24, 2.45) is 5.73 Å². The molecule has 11 heavy (non-hydrogen) atoms. The average molecular weight is 153 g/mol. The van der Waals surface area contributed by atoms with Gasteiger partial charge in [0.15, 0.2) is 0 Å². The number of unbranched alkanes of at least 4 members (excludes halogenated alkanes) is 1. The van der Waals surface area contributed by atoms with E-state index in [1.807, 2.05) is 6.92 Å². The molecule has 0 fully saturated rings. The first kappa shape index (κ1) is 10.3. The van der Waals surface area contributed by atoms with E-state index in [1.165, 1.54) is 17.6 Å². The van der Waals surface area contributed by atoms with Crippen LogP contribution in [0.2, 0.25) is 0 Å². The van der Waals surface area contributed by atoms with E-state index in [0.717, 1.165) is 12.1 Å². The fraction of sp³-hybridized carbons (Fsp3) is 0.600. The Labute approximate surface area is 70.0 Å². The lowest BCUT2D eigenvalue weighted by molar-refractivity contribution is 0.948. The van der Waals surface area contributed by atoms with Crippen LogP contribution in [0.3, 0.4) is 0 Å². The lowest BCUT2D eigenvalue weighted by atomic mass is 10.1. The highest BCUT2D eigenvalue weighted by Gasteiger charge is 1.93. The Hall–Kier alpha value is -0.720. The van der Waals surface area contributed by atoms with E-state index in [0.29, 0.717) is 0 Å². The van der Waals surface area contributed by atoms with Crippen LogP contribution in [0.15, 0.2) is 22.9 Å². The summed E-state index contributed by atoms with van der Waals surface area (Å²) in [6.07, 6.45) is 4.59. The number of allylic oxidation sites excluding steroid dienone is 4. The highest BCUT2D eigenvalue weighted by Crippen LogP contribution is 2.11. The Morgan fingerprint density at radius 2 is 1.82 bits per heavy atom. The Balaban J connectivity index is 4.24. The molecule has 0 saturated carbocycles. The summed E-state index contributed by atoms with van der Waals surface area (Å²) in [6.45, 7) is 8.30. The van der Waals surface area contributed by atoms with Crippen LogP contribution < -0.4 is 5.73 Å². The van der Waals surface area contributed by atoms with Crippen molar-refractivity contribution < 1.29 is 0 Å². The first-order valence-corrected chi connectivity index (χ1v) is 4.19. The number of hydrogen-bond donors (Lipinski definition) is 1. The van der Waals surface area contributed by atoms with Crippen LogP contribution in [0.1, 0.15) is 40.5 Å². The number of nitrogens with two attached hydrogens (primary N) is 1. The molecule has 0 rings (SSSR count). The molecule has 0 bridgehead atoms. The van der Waals surface area contributed by atoms with Crippen molar-refractivity contribution >= 4 is 0 Å². The molecule has 0 heterocycles. The normalized spacial score (nSPS) is 14.7. The quantitative estimate of drug-likeness (QED) is 0.620. The standard InChI is InChI=1S/C10H19N/c1-5-6-7-8(2)9(3)10(4)11/h7H,5-6,11H2,1-4H3/b8-7+,10-9-. The third-order valence-corrected chi connectivity index (χ3v) is 1.92. The van der Waals surface area contributed by atoms with Gasteiger partial charge in [-0.3, -0.25) is 0 Å². The van der Waals surface area contributed by atoms with Gasteiger partial charge in [0, 0.05) is 5.70 Å². The molecular weight excluding hydrogens is 134 g/mol. The van der Waals surface area contributed by atoms with Crippen LogP contribution in [0.4, 0.5) is 0 Å². The second-order valence-corrected chi connectivity index (χ2v) is 2.98. The molecule has 0 aliphatic carbocycles. The molecule has 0 aromatic carbocycles. The van der Waals surface area contributed by atoms with Gasteiger partial charge in [-0.05, 0) is 32.8 Å².